The number of anilines is 1. The zero-order valence-electron chi connectivity index (χ0n) is 14.4. The second-order valence-electron chi connectivity index (χ2n) is 6.35. The third kappa shape index (κ3) is 3.87. The minimum atomic E-state index is -4.39. The Morgan fingerprint density at radius 1 is 1.07 bits per heavy atom. The molecular weight excluding hydrogens is 395 g/mol. The number of nitrogens with one attached hydrogen (secondary N) is 2. The predicted molar refractivity (Wildman–Crippen MR) is 101 cm³/mol. The van der Waals surface area contributed by atoms with Crippen molar-refractivity contribution in [3.05, 3.63) is 48.2 Å². The Kier molecular flexibility index (Phi) is 5.69. The van der Waals surface area contributed by atoms with E-state index in [4.69, 9.17) is 0 Å². The number of rotatable bonds is 3. The third-order valence-electron chi connectivity index (χ3n) is 4.53. The van der Waals surface area contributed by atoms with Crippen molar-refractivity contribution >= 4 is 29.1 Å². The molecule has 1 saturated heterocycles. The lowest BCUT2D eigenvalue weighted by molar-refractivity contribution is -0.137. The van der Waals surface area contributed by atoms with Crippen LogP contribution in [0.15, 0.2) is 42.6 Å². The second kappa shape index (κ2) is 7.86. The third-order valence-corrected chi connectivity index (χ3v) is 4.53. The van der Waals surface area contributed by atoms with Crippen LogP contribution in [0.2, 0.25) is 0 Å². The molecule has 0 amide bonds. The predicted octanol–water partition coefficient (Wildman–Crippen LogP) is 2.88. The highest BCUT2D eigenvalue weighted by Gasteiger charge is 2.30. The standard InChI is InChI=1S/C18H16F3N5O.ClH/c19-18(20,21)11-5-3-10(4-6-11)15-12-2-1-7-23-16(12)17(26-25-15)24-13-8-22-9-14(13)27;/h1-7,13-14,22,27H,8-9H2,(H,24,26);1H/t13-,14+;/m1./s1. The van der Waals surface area contributed by atoms with Crippen LogP contribution in [0.3, 0.4) is 0 Å². The van der Waals surface area contributed by atoms with E-state index in [-0.39, 0.29) is 18.4 Å². The van der Waals surface area contributed by atoms with Crippen LogP contribution in [0.25, 0.3) is 22.2 Å². The summed E-state index contributed by atoms with van der Waals surface area (Å²) in [6.45, 7) is 1.07. The van der Waals surface area contributed by atoms with Crippen molar-refractivity contribution in [2.24, 2.45) is 0 Å². The number of benzene rings is 1. The monoisotopic (exact) mass is 411 g/mol. The highest BCUT2D eigenvalue weighted by molar-refractivity contribution is 5.97. The summed E-state index contributed by atoms with van der Waals surface area (Å²) >= 11 is 0. The van der Waals surface area contributed by atoms with Crippen LogP contribution >= 0.6 is 12.4 Å². The molecule has 1 aliphatic rings. The fraction of sp³-hybridized carbons (Fsp3) is 0.278. The Labute approximate surface area is 164 Å². The molecule has 10 heteroatoms. The van der Waals surface area contributed by atoms with E-state index in [1.54, 1.807) is 18.3 Å². The molecule has 0 bridgehead atoms. The molecule has 3 heterocycles. The fourth-order valence-corrected chi connectivity index (χ4v) is 3.10. The summed E-state index contributed by atoms with van der Waals surface area (Å²) in [5.41, 5.74) is 0.786. The highest BCUT2D eigenvalue weighted by Crippen LogP contribution is 2.33. The van der Waals surface area contributed by atoms with Gasteiger partial charge < -0.3 is 15.7 Å². The smallest absolute Gasteiger partial charge is 0.390 e. The number of hydrogen-bond acceptors (Lipinski definition) is 6. The Hall–Kier alpha value is -2.49. The summed E-state index contributed by atoms with van der Waals surface area (Å²) in [6.07, 6.45) is -3.34. The summed E-state index contributed by atoms with van der Waals surface area (Å²) in [5, 5.41) is 25.2. The van der Waals surface area contributed by atoms with Gasteiger partial charge in [-0.3, -0.25) is 4.98 Å². The number of aliphatic hydroxyl groups excluding tert-OH is 1. The molecule has 0 aliphatic carbocycles. The van der Waals surface area contributed by atoms with Crippen LogP contribution in [-0.2, 0) is 6.18 Å². The number of pyridine rings is 1. The van der Waals surface area contributed by atoms with E-state index >= 15 is 0 Å². The lowest BCUT2D eigenvalue weighted by atomic mass is 10.0. The first-order valence-corrected chi connectivity index (χ1v) is 8.38. The summed E-state index contributed by atoms with van der Waals surface area (Å²) in [4.78, 5) is 4.34. The van der Waals surface area contributed by atoms with Crippen LogP contribution in [0, 0.1) is 0 Å². The van der Waals surface area contributed by atoms with Gasteiger partial charge in [-0.05, 0) is 24.3 Å². The number of aromatic nitrogens is 3. The number of aliphatic hydroxyl groups is 1. The molecule has 2 aromatic heterocycles. The van der Waals surface area contributed by atoms with Crippen LogP contribution in [-0.4, -0.2) is 45.5 Å². The molecule has 148 valence electrons. The quantitative estimate of drug-likeness (QED) is 0.614. The molecular formula is C18H17ClF3N5O. The van der Waals surface area contributed by atoms with Crippen molar-refractivity contribution in [3.8, 4) is 11.3 Å². The molecule has 3 N–H and O–H groups in total. The van der Waals surface area contributed by atoms with Crippen molar-refractivity contribution in [1.29, 1.82) is 0 Å². The van der Waals surface area contributed by atoms with Gasteiger partial charge in [0.05, 0.1) is 17.7 Å². The first kappa shape index (κ1) is 20.2. The zero-order chi connectivity index (χ0) is 19.0. The molecule has 1 aliphatic heterocycles. The van der Waals surface area contributed by atoms with E-state index in [1.165, 1.54) is 12.1 Å². The zero-order valence-corrected chi connectivity index (χ0v) is 15.3. The Balaban J connectivity index is 0.00000225. The van der Waals surface area contributed by atoms with Gasteiger partial charge in [0.1, 0.15) is 11.2 Å². The van der Waals surface area contributed by atoms with Gasteiger partial charge in [-0.15, -0.1) is 22.6 Å². The fourth-order valence-electron chi connectivity index (χ4n) is 3.10. The lowest BCUT2D eigenvalue weighted by Gasteiger charge is -2.17. The second-order valence-corrected chi connectivity index (χ2v) is 6.35. The molecule has 0 spiro atoms. The van der Waals surface area contributed by atoms with Gasteiger partial charge in [-0.1, -0.05) is 12.1 Å². The SMILES string of the molecule is Cl.O[C@H]1CNC[C@H]1Nc1nnc(-c2ccc(C(F)(F)F)cc2)c2cccnc12. The van der Waals surface area contributed by atoms with E-state index in [2.05, 4.69) is 25.8 Å². The molecule has 0 radical (unpaired) electrons. The molecule has 6 nitrogen and oxygen atoms in total. The molecule has 28 heavy (non-hydrogen) atoms. The lowest BCUT2D eigenvalue weighted by Crippen LogP contribution is -2.32. The normalized spacial score (nSPS) is 19.4. The van der Waals surface area contributed by atoms with Crippen molar-refractivity contribution in [3.63, 3.8) is 0 Å². The molecule has 4 rings (SSSR count). The van der Waals surface area contributed by atoms with Gasteiger partial charge in [0.2, 0.25) is 0 Å². The molecule has 2 atom stereocenters. The molecule has 1 fully saturated rings. The number of alkyl halides is 3. The average Bonchev–Trinajstić information content (AvgIpc) is 3.06. The summed E-state index contributed by atoms with van der Waals surface area (Å²) in [5.74, 6) is 0.425. The molecule has 1 aromatic carbocycles. The van der Waals surface area contributed by atoms with Crippen LogP contribution in [0.4, 0.5) is 19.0 Å². The van der Waals surface area contributed by atoms with Gasteiger partial charge in [-0.25, -0.2) is 0 Å². The van der Waals surface area contributed by atoms with Crippen LogP contribution in [0.5, 0.6) is 0 Å². The largest absolute Gasteiger partial charge is 0.416 e. The van der Waals surface area contributed by atoms with Gasteiger partial charge in [-0.2, -0.15) is 13.2 Å². The minimum absolute atomic E-state index is 0. The first-order chi connectivity index (χ1) is 12.9. The maximum absolute atomic E-state index is 12.8. The van der Waals surface area contributed by atoms with Gasteiger partial charge in [0, 0.05) is 30.2 Å². The molecule has 0 saturated carbocycles. The number of fused-ring (bicyclic) bond motifs is 1. The van der Waals surface area contributed by atoms with E-state index in [1.807, 2.05) is 0 Å². The Morgan fingerprint density at radius 3 is 2.46 bits per heavy atom. The molecule has 3 aromatic rings. The van der Waals surface area contributed by atoms with E-state index in [0.717, 1.165) is 12.1 Å². The average molecular weight is 412 g/mol. The number of β-amino-alcohol motifs (C(OH)–C–C–N with tert-alkyl or cyclic N) is 1. The van der Waals surface area contributed by atoms with Gasteiger partial charge >= 0.3 is 6.18 Å². The topological polar surface area (TPSA) is 83.0 Å². The van der Waals surface area contributed by atoms with Crippen molar-refractivity contribution < 1.29 is 18.3 Å². The Morgan fingerprint density at radius 2 is 1.82 bits per heavy atom. The minimum Gasteiger partial charge on any atom is -0.390 e. The van der Waals surface area contributed by atoms with E-state index in [0.29, 0.717) is 41.1 Å². The summed E-state index contributed by atoms with van der Waals surface area (Å²) < 4.78 is 38.3. The van der Waals surface area contributed by atoms with Crippen molar-refractivity contribution in [2.45, 2.75) is 18.3 Å². The Bertz CT molecular complexity index is 968. The maximum Gasteiger partial charge on any atom is 0.416 e. The van der Waals surface area contributed by atoms with Gasteiger partial charge in [0.25, 0.3) is 0 Å². The van der Waals surface area contributed by atoms with Gasteiger partial charge in [0.15, 0.2) is 5.82 Å². The molecule has 0 unspecified atom stereocenters. The first-order valence-electron chi connectivity index (χ1n) is 8.38. The van der Waals surface area contributed by atoms with Crippen LogP contribution < -0.4 is 10.6 Å². The maximum atomic E-state index is 12.8. The van der Waals surface area contributed by atoms with E-state index < -0.39 is 17.8 Å². The van der Waals surface area contributed by atoms with Crippen molar-refractivity contribution in [1.82, 2.24) is 20.5 Å². The number of halogens is 4. The number of nitrogens with zero attached hydrogens (tertiary/aromatic N) is 3. The summed E-state index contributed by atoms with van der Waals surface area (Å²) in [7, 11) is 0. The van der Waals surface area contributed by atoms with E-state index in [9.17, 15) is 18.3 Å². The summed E-state index contributed by atoms with van der Waals surface area (Å²) in [6, 6.07) is 8.08. The van der Waals surface area contributed by atoms with Crippen molar-refractivity contribution in [2.75, 3.05) is 18.4 Å². The number of hydrogen-bond donors (Lipinski definition) is 3. The highest BCUT2D eigenvalue weighted by atomic mass is 35.5. The van der Waals surface area contributed by atoms with Crippen LogP contribution in [0.1, 0.15) is 5.56 Å².